The van der Waals surface area contributed by atoms with Crippen molar-refractivity contribution < 1.29 is 5.11 Å². The van der Waals surface area contributed by atoms with Gasteiger partial charge in [-0.1, -0.05) is 18.1 Å². The van der Waals surface area contributed by atoms with Gasteiger partial charge in [0.25, 0.3) is 0 Å². The first-order valence-electron chi connectivity index (χ1n) is 5.38. The Kier molecular flexibility index (Phi) is 3.55. The SMILES string of the molecule is CC(C)=CCCC1([C@@H](C)O)CCC1. The third-order valence-corrected chi connectivity index (χ3v) is 3.43. The second-order valence-corrected chi connectivity index (χ2v) is 4.71. The van der Waals surface area contributed by atoms with Crippen molar-refractivity contribution in [2.75, 3.05) is 0 Å². The molecular formula is C12H22O. The lowest BCUT2D eigenvalue weighted by Crippen LogP contribution is -2.39. The molecule has 0 saturated heterocycles. The molecule has 1 saturated carbocycles. The van der Waals surface area contributed by atoms with Crippen LogP contribution in [0.2, 0.25) is 0 Å². The van der Waals surface area contributed by atoms with Crippen LogP contribution in [-0.2, 0) is 0 Å². The molecule has 0 bridgehead atoms. The molecule has 76 valence electrons. The average molecular weight is 182 g/mol. The zero-order valence-electron chi connectivity index (χ0n) is 9.14. The quantitative estimate of drug-likeness (QED) is 0.661. The maximum absolute atomic E-state index is 9.67. The summed E-state index contributed by atoms with van der Waals surface area (Å²) < 4.78 is 0. The lowest BCUT2D eigenvalue weighted by atomic mass is 9.63. The summed E-state index contributed by atoms with van der Waals surface area (Å²) in [6.07, 6.45) is 8.21. The van der Waals surface area contributed by atoms with Crippen LogP contribution in [0.4, 0.5) is 0 Å². The van der Waals surface area contributed by atoms with Crippen molar-refractivity contribution in [3.05, 3.63) is 11.6 Å². The van der Waals surface area contributed by atoms with Crippen LogP contribution in [0.5, 0.6) is 0 Å². The highest BCUT2D eigenvalue weighted by Gasteiger charge is 2.40. The largest absolute Gasteiger partial charge is 0.393 e. The normalized spacial score (nSPS) is 21.8. The van der Waals surface area contributed by atoms with E-state index in [1.54, 1.807) is 0 Å². The van der Waals surface area contributed by atoms with Crippen LogP contribution in [0.1, 0.15) is 52.9 Å². The number of aliphatic hydroxyl groups excluding tert-OH is 1. The summed E-state index contributed by atoms with van der Waals surface area (Å²) in [4.78, 5) is 0. The molecule has 1 nitrogen and oxygen atoms in total. The molecule has 1 rings (SSSR count). The minimum atomic E-state index is -0.119. The number of allylic oxidation sites excluding steroid dienone is 2. The first kappa shape index (κ1) is 10.8. The van der Waals surface area contributed by atoms with Gasteiger partial charge in [0.2, 0.25) is 0 Å². The molecule has 0 spiro atoms. The maximum Gasteiger partial charge on any atom is 0.0568 e. The van der Waals surface area contributed by atoms with E-state index in [9.17, 15) is 5.11 Å². The van der Waals surface area contributed by atoms with Crippen molar-refractivity contribution in [2.24, 2.45) is 5.41 Å². The van der Waals surface area contributed by atoms with Crippen molar-refractivity contribution in [3.63, 3.8) is 0 Å². The topological polar surface area (TPSA) is 20.2 Å². The fraction of sp³-hybridized carbons (Fsp3) is 0.833. The summed E-state index contributed by atoms with van der Waals surface area (Å²) in [5.74, 6) is 0. The second kappa shape index (κ2) is 4.28. The van der Waals surface area contributed by atoms with E-state index in [0.29, 0.717) is 0 Å². The Labute approximate surface area is 81.9 Å². The van der Waals surface area contributed by atoms with Gasteiger partial charge >= 0.3 is 0 Å². The summed E-state index contributed by atoms with van der Waals surface area (Å²) in [5.41, 5.74) is 1.66. The van der Waals surface area contributed by atoms with E-state index in [1.807, 2.05) is 6.92 Å². The summed E-state index contributed by atoms with van der Waals surface area (Å²) >= 11 is 0. The third kappa shape index (κ3) is 2.57. The van der Waals surface area contributed by atoms with Crippen LogP contribution in [0.25, 0.3) is 0 Å². The molecule has 0 aromatic carbocycles. The van der Waals surface area contributed by atoms with Gasteiger partial charge in [0, 0.05) is 0 Å². The van der Waals surface area contributed by atoms with E-state index in [4.69, 9.17) is 0 Å². The Bertz CT molecular complexity index is 183. The van der Waals surface area contributed by atoms with Gasteiger partial charge in [-0.15, -0.1) is 0 Å². The summed E-state index contributed by atoms with van der Waals surface area (Å²) in [7, 11) is 0. The molecule has 0 unspecified atom stereocenters. The van der Waals surface area contributed by atoms with Gasteiger partial charge in [-0.25, -0.2) is 0 Å². The van der Waals surface area contributed by atoms with Crippen molar-refractivity contribution in [1.82, 2.24) is 0 Å². The number of aliphatic hydroxyl groups is 1. The smallest absolute Gasteiger partial charge is 0.0568 e. The molecule has 0 amide bonds. The minimum Gasteiger partial charge on any atom is -0.393 e. The maximum atomic E-state index is 9.67. The van der Waals surface area contributed by atoms with Gasteiger partial charge in [-0.2, -0.15) is 0 Å². The molecule has 1 heteroatoms. The van der Waals surface area contributed by atoms with Gasteiger partial charge in [0.05, 0.1) is 6.10 Å². The Hall–Kier alpha value is -0.300. The molecule has 0 aromatic heterocycles. The molecule has 1 aliphatic carbocycles. The molecule has 0 heterocycles. The summed E-state index contributed by atoms with van der Waals surface area (Å²) in [6, 6.07) is 0. The average Bonchev–Trinajstić information content (AvgIpc) is 1.93. The Morgan fingerprint density at radius 2 is 2.08 bits per heavy atom. The van der Waals surface area contributed by atoms with E-state index in [1.165, 1.54) is 24.8 Å². The fourth-order valence-corrected chi connectivity index (χ4v) is 2.16. The van der Waals surface area contributed by atoms with Crippen LogP contribution in [-0.4, -0.2) is 11.2 Å². The van der Waals surface area contributed by atoms with Crippen molar-refractivity contribution in [2.45, 2.75) is 59.0 Å². The van der Waals surface area contributed by atoms with Gasteiger partial charge in [0.1, 0.15) is 0 Å². The molecule has 1 N–H and O–H groups in total. The van der Waals surface area contributed by atoms with Crippen molar-refractivity contribution in [1.29, 1.82) is 0 Å². The van der Waals surface area contributed by atoms with Crippen LogP contribution in [0.3, 0.4) is 0 Å². The van der Waals surface area contributed by atoms with E-state index in [2.05, 4.69) is 19.9 Å². The molecule has 1 atom stereocenters. The Balaban J connectivity index is 2.37. The van der Waals surface area contributed by atoms with E-state index >= 15 is 0 Å². The standard InChI is InChI=1S/C12H22O/c1-10(2)6-4-7-12(11(3)13)8-5-9-12/h6,11,13H,4-5,7-9H2,1-3H3/t11-/m1/s1. The zero-order chi connectivity index (χ0) is 9.90. The monoisotopic (exact) mass is 182 g/mol. The number of hydrogen-bond acceptors (Lipinski definition) is 1. The van der Waals surface area contributed by atoms with Crippen LogP contribution in [0, 0.1) is 5.41 Å². The van der Waals surface area contributed by atoms with E-state index < -0.39 is 0 Å². The van der Waals surface area contributed by atoms with Crippen molar-refractivity contribution >= 4 is 0 Å². The fourth-order valence-electron chi connectivity index (χ4n) is 2.16. The first-order valence-corrected chi connectivity index (χ1v) is 5.38. The summed E-state index contributed by atoms with van der Waals surface area (Å²) in [5, 5.41) is 9.67. The third-order valence-electron chi connectivity index (χ3n) is 3.43. The highest BCUT2D eigenvalue weighted by Crippen LogP contribution is 2.47. The number of hydrogen-bond donors (Lipinski definition) is 1. The molecule has 13 heavy (non-hydrogen) atoms. The van der Waals surface area contributed by atoms with Gasteiger partial charge in [0.15, 0.2) is 0 Å². The predicted octanol–water partition coefficient (Wildman–Crippen LogP) is 3.28. The Morgan fingerprint density at radius 1 is 1.46 bits per heavy atom. The molecule has 0 radical (unpaired) electrons. The zero-order valence-corrected chi connectivity index (χ0v) is 9.14. The Morgan fingerprint density at radius 3 is 2.38 bits per heavy atom. The van der Waals surface area contributed by atoms with Gasteiger partial charge in [-0.3, -0.25) is 0 Å². The molecule has 0 aliphatic heterocycles. The first-order chi connectivity index (χ1) is 6.07. The highest BCUT2D eigenvalue weighted by molar-refractivity contribution is 4.97. The summed E-state index contributed by atoms with van der Waals surface area (Å²) in [6.45, 7) is 6.22. The highest BCUT2D eigenvalue weighted by atomic mass is 16.3. The molecule has 1 fully saturated rings. The van der Waals surface area contributed by atoms with Crippen LogP contribution >= 0.6 is 0 Å². The molecular weight excluding hydrogens is 160 g/mol. The minimum absolute atomic E-state index is 0.119. The predicted molar refractivity (Wildman–Crippen MR) is 56.6 cm³/mol. The lowest BCUT2D eigenvalue weighted by molar-refractivity contribution is -0.0289. The lowest BCUT2D eigenvalue weighted by Gasteiger charge is -2.44. The van der Waals surface area contributed by atoms with Crippen LogP contribution in [0.15, 0.2) is 11.6 Å². The van der Waals surface area contributed by atoms with Crippen molar-refractivity contribution in [3.8, 4) is 0 Å². The number of rotatable bonds is 4. The molecule has 0 aromatic rings. The van der Waals surface area contributed by atoms with Crippen LogP contribution < -0.4 is 0 Å². The molecule has 1 aliphatic rings. The van der Waals surface area contributed by atoms with E-state index in [0.717, 1.165) is 12.8 Å². The van der Waals surface area contributed by atoms with Gasteiger partial charge in [-0.05, 0) is 51.9 Å². The van der Waals surface area contributed by atoms with Gasteiger partial charge < -0.3 is 5.11 Å². The van der Waals surface area contributed by atoms with E-state index in [-0.39, 0.29) is 11.5 Å². The second-order valence-electron chi connectivity index (χ2n) is 4.71.